The number of carbonyl (C=O) groups is 1. The average molecular weight is 603 g/mol. The first-order valence-electron chi connectivity index (χ1n) is 14.9. The summed E-state index contributed by atoms with van der Waals surface area (Å²) in [4.78, 5) is 22.9. The quantitative estimate of drug-likeness (QED) is 0.358. The highest BCUT2D eigenvalue weighted by Gasteiger charge is 2.39. The number of carbonyl (C=O) groups excluding carboxylic acids is 1. The average Bonchev–Trinajstić information content (AvgIpc) is 3.57. The predicted molar refractivity (Wildman–Crippen MR) is 171 cm³/mol. The van der Waals surface area contributed by atoms with Gasteiger partial charge in [0.1, 0.15) is 5.75 Å². The number of anilines is 1. The molecule has 0 radical (unpaired) electrons. The van der Waals surface area contributed by atoms with Gasteiger partial charge in [-0.05, 0) is 25.0 Å². The van der Waals surface area contributed by atoms with Crippen LogP contribution in [-0.2, 0) is 17.8 Å². The van der Waals surface area contributed by atoms with Crippen molar-refractivity contribution in [3.63, 3.8) is 0 Å². The zero-order valence-corrected chi connectivity index (χ0v) is 28.1. The molecule has 2 aromatic rings. The normalized spacial score (nSPS) is 18.0. The van der Waals surface area contributed by atoms with Crippen LogP contribution in [0.5, 0.6) is 5.75 Å². The molecule has 3 aliphatic rings. The van der Waals surface area contributed by atoms with E-state index in [1.807, 2.05) is 62.1 Å². The molecular weight excluding hydrogens is 549 g/mol. The van der Waals surface area contributed by atoms with Gasteiger partial charge in [0.2, 0.25) is 0 Å². The largest absolute Gasteiger partial charge is 0.483 e. The smallest absolute Gasteiger partial charge is 0.267 e. The second-order valence-corrected chi connectivity index (χ2v) is 9.07. The van der Waals surface area contributed by atoms with Gasteiger partial charge in [-0.1, -0.05) is 85.5 Å². The third-order valence-corrected chi connectivity index (χ3v) is 7.27. The highest BCUT2D eigenvalue weighted by molar-refractivity contribution is 7.15. The highest BCUT2D eigenvalue weighted by Crippen LogP contribution is 2.38. The van der Waals surface area contributed by atoms with Crippen LogP contribution in [0, 0.1) is 0 Å². The molecule has 0 aliphatic carbocycles. The lowest BCUT2D eigenvalue weighted by Gasteiger charge is -2.35. The van der Waals surface area contributed by atoms with Gasteiger partial charge in [0.25, 0.3) is 12.3 Å². The van der Waals surface area contributed by atoms with Crippen LogP contribution in [0.2, 0.25) is 0 Å². The van der Waals surface area contributed by atoms with Gasteiger partial charge >= 0.3 is 0 Å². The second kappa shape index (κ2) is 21.9. The van der Waals surface area contributed by atoms with Crippen LogP contribution in [0.4, 0.5) is 13.9 Å². The molecule has 2 saturated heterocycles. The Balaban J connectivity index is 0.00000138. The molecule has 0 saturated carbocycles. The van der Waals surface area contributed by atoms with Gasteiger partial charge in [-0.15, -0.1) is 9.24 Å². The molecule has 3 unspecified atom stereocenters. The van der Waals surface area contributed by atoms with Crippen LogP contribution in [-0.4, -0.2) is 60.8 Å². The first-order valence-corrected chi connectivity index (χ1v) is 16.9. The van der Waals surface area contributed by atoms with Crippen molar-refractivity contribution in [2.75, 3.05) is 37.8 Å². The van der Waals surface area contributed by atoms with E-state index >= 15 is 0 Å². The molecule has 4 heterocycles. The maximum atomic E-state index is 13.1. The molecule has 10 heteroatoms. The lowest BCUT2D eigenvalue weighted by Crippen LogP contribution is -2.51. The molecule has 5 rings (SSSR count). The summed E-state index contributed by atoms with van der Waals surface area (Å²) in [6.07, 6.45) is 0.477. The van der Waals surface area contributed by atoms with E-state index in [9.17, 15) is 13.6 Å². The zero-order chi connectivity index (χ0) is 30.7. The molecule has 1 amide bonds. The Hall–Kier alpha value is -1.83. The number of alkyl halides is 2. The van der Waals surface area contributed by atoms with Crippen molar-refractivity contribution in [1.82, 2.24) is 15.2 Å². The summed E-state index contributed by atoms with van der Waals surface area (Å²) in [5, 5.41) is 4.56. The van der Waals surface area contributed by atoms with Crippen molar-refractivity contribution in [1.29, 1.82) is 0 Å². The molecule has 6 nitrogen and oxygen atoms in total. The van der Waals surface area contributed by atoms with Crippen molar-refractivity contribution in [3.05, 3.63) is 40.4 Å². The van der Waals surface area contributed by atoms with Gasteiger partial charge in [0.05, 0.1) is 17.8 Å². The van der Waals surface area contributed by atoms with Crippen molar-refractivity contribution in [3.8, 4) is 5.75 Å². The Morgan fingerprint density at radius 2 is 1.62 bits per heavy atom. The molecule has 1 aromatic heterocycles. The number of benzene rings is 1. The number of rotatable bonds is 5. The first kappa shape index (κ1) is 38.2. The fourth-order valence-corrected chi connectivity index (χ4v) is 5.88. The van der Waals surface area contributed by atoms with E-state index in [1.165, 1.54) is 31.0 Å². The van der Waals surface area contributed by atoms with Crippen LogP contribution >= 0.6 is 20.6 Å². The molecule has 3 atom stereocenters. The number of ether oxygens (including phenoxy) is 1. The molecule has 40 heavy (non-hydrogen) atoms. The maximum absolute atomic E-state index is 13.1. The molecule has 1 aromatic carbocycles. The summed E-state index contributed by atoms with van der Waals surface area (Å²) < 4.78 is 31.6. The first-order chi connectivity index (χ1) is 19.6. The summed E-state index contributed by atoms with van der Waals surface area (Å²) in [5.41, 5.74) is 0.893. The summed E-state index contributed by atoms with van der Waals surface area (Å²) >= 11 is 1.68. The lowest BCUT2D eigenvalue weighted by molar-refractivity contribution is -0.134. The minimum absolute atomic E-state index is 0.0628. The number of para-hydroxylation sites is 1. The van der Waals surface area contributed by atoms with Crippen LogP contribution in [0.25, 0.3) is 0 Å². The van der Waals surface area contributed by atoms with Gasteiger partial charge in [0.15, 0.2) is 11.7 Å². The monoisotopic (exact) mass is 602 g/mol. The van der Waals surface area contributed by atoms with Crippen molar-refractivity contribution in [2.45, 2.75) is 99.7 Å². The van der Waals surface area contributed by atoms with Crippen LogP contribution in [0.3, 0.4) is 0 Å². The Bertz CT molecular complexity index is 932. The van der Waals surface area contributed by atoms with E-state index in [4.69, 9.17) is 9.72 Å². The SMILES string of the molecule is CC.CC.CC.CC.CP.O=C(COc1ccccc1C(F)F)N1CCc2nc(N3C4CCC3CNC4)sc2C1. The summed E-state index contributed by atoms with van der Waals surface area (Å²) in [6.45, 7) is 20.8. The minimum atomic E-state index is -2.63. The number of thiazole rings is 1. The van der Waals surface area contributed by atoms with E-state index < -0.39 is 6.43 Å². The van der Waals surface area contributed by atoms with Crippen molar-refractivity contribution in [2.24, 2.45) is 0 Å². The van der Waals surface area contributed by atoms with E-state index in [1.54, 1.807) is 22.3 Å². The number of amides is 1. The van der Waals surface area contributed by atoms with Gasteiger partial charge in [-0.2, -0.15) is 0 Å². The Labute approximate surface area is 248 Å². The van der Waals surface area contributed by atoms with E-state index in [2.05, 4.69) is 19.5 Å². The van der Waals surface area contributed by atoms with E-state index in [0.29, 0.717) is 31.6 Å². The Kier molecular flexibility index (Phi) is 20.9. The summed E-state index contributed by atoms with van der Waals surface area (Å²) in [6, 6.07) is 6.98. The molecule has 1 N–H and O–H groups in total. The molecule has 0 spiro atoms. The molecule has 2 bridgehead atoms. The van der Waals surface area contributed by atoms with Crippen molar-refractivity contribution < 1.29 is 18.3 Å². The number of halogens is 2. The number of aromatic nitrogens is 1. The van der Waals surface area contributed by atoms with Gasteiger partial charge in [0, 0.05) is 43.0 Å². The highest BCUT2D eigenvalue weighted by atomic mass is 32.1. The van der Waals surface area contributed by atoms with E-state index in [0.717, 1.165) is 28.8 Å². The van der Waals surface area contributed by atoms with Gasteiger partial charge < -0.3 is 19.9 Å². The van der Waals surface area contributed by atoms with Gasteiger partial charge in [-0.3, -0.25) is 4.79 Å². The standard InChI is InChI=1S/C21H24F2N4O2S.4C2H6.CH5P/c22-20(23)15-3-1-2-4-17(15)29-12-19(28)26-8-7-16-18(11-26)30-21(25-16)27-13-5-6-14(27)10-24-9-13;5*1-2/h1-4,13-14,20,24H,5-12H2;4*1-2H3;2H2,1H3. The third-order valence-electron chi connectivity index (χ3n) is 6.18. The fourth-order valence-electron chi connectivity index (χ4n) is 4.62. The summed E-state index contributed by atoms with van der Waals surface area (Å²) in [5.74, 6) is -0.130. The molecule has 3 aliphatic heterocycles. The lowest BCUT2D eigenvalue weighted by atomic mass is 10.2. The number of hydrogen-bond acceptors (Lipinski definition) is 6. The number of nitrogens with one attached hydrogen (secondary N) is 1. The van der Waals surface area contributed by atoms with Crippen LogP contribution in [0.15, 0.2) is 24.3 Å². The molecular formula is C30H53F2N4O2PS. The maximum Gasteiger partial charge on any atom is 0.267 e. The third kappa shape index (κ3) is 10.2. The number of hydrogen-bond donors (Lipinski definition) is 1. The van der Waals surface area contributed by atoms with Crippen LogP contribution < -0.4 is 15.0 Å². The second-order valence-electron chi connectivity index (χ2n) is 8.01. The number of nitrogens with zero attached hydrogens (tertiary/aromatic N) is 3. The number of fused-ring (bicyclic) bond motifs is 3. The topological polar surface area (TPSA) is 57.7 Å². The minimum Gasteiger partial charge on any atom is -0.483 e. The molecule has 2 fully saturated rings. The Morgan fingerprint density at radius 1 is 1.05 bits per heavy atom. The fraction of sp³-hybridized carbons (Fsp3) is 0.667. The zero-order valence-electron chi connectivity index (χ0n) is 26.1. The van der Waals surface area contributed by atoms with E-state index in [-0.39, 0.29) is 23.8 Å². The number of piperazine rings is 1. The predicted octanol–water partition coefficient (Wildman–Crippen LogP) is 7.58. The van der Waals surface area contributed by atoms with Crippen LogP contribution in [0.1, 0.15) is 90.8 Å². The van der Waals surface area contributed by atoms with Gasteiger partial charge in [-0.25, -0.2) is 13.8 Å². The summed E-state index contributed by atoms with van der Waals surface area (Å²) in [7, 11) is 2.42. The molecule has 230 valence electrons. The Morgan fingerprint density at radius 3 is 2.20 bits per heavy atom. The van der Waals surface area contributed by atoms with Crippen molar-refractivity contribution >= 4 is 31.6 Å².